The number of hydrogen-bond donors (Lipinski definition) is 1. The number of aryl methyl sites for hydroxylation is 1. The van der Waals surface area contributed by atoms with Gasteiger partial charge in [-0.3, -0.25) is 0 Å². The lowest BCUT2D eigenvalue weighted by Crippen LogP contribution is -2.37. The van der Waals surface area contributed by atoms with Crippen LogP contribution < -0.4 is 4.90 Å². The first kappa shape index (κ1) is 16.7. The van der Waals surface area contributed by atoms with Crippen LogP contribution in [0.5, 0.6) is 0 Å². The maximum atomic E-state index is 14.4. The predicted octanol–water partition coefficient (Wildman–Crippen LogP) is 3.06. The summed E-state index contributed by atoms with van der Waals surface area (Å²) in [6.45, 7) is 3.44. The maximum absolute atomic E-state index is 14.4. The van der Waals surface area contributed by atoms with Gasteiger partial charge >= 0.3 is 0 Å². The van der Waals surface area contributed by atoms with Crippen LogP contribution in [0.25, 0.3) is 10.9 Å². The van der Waals surface area contributed by atoms with E-state index in [0.29, 0.717) is 28.6 Å². The summed E-state index contributed by atoms with van der Waals surface area (Å²) in [6.07, 6.45) is 3.81. The number of aliphatic hydroxyl groups is 1. The van der Waals surface area contributed by atoms with Crippen LogP contribution in [0.1, 0.15) is 18.5 Å². The van der Waals surface area contributed by atoms with E-state index < -0.39 is 5.82 Å². The monoisotopic (exact) mass is 356 g/mol. The van der Waals surface area contributed by atoms with E-state index >= 15 is 0 Å². The second-order valence-corrected chi connectivity index (χ2v) is 6.83. The van der Waals surface area contributed by atoms with Gasteiger partial charge < -0.3 is 10.0 Å². The molecule has 23 heavy (non-hydrogen) atoms. The third-order valence-corrected chi connectivity index (χ3v) is 4.94. The molecule has 0 amide bonds. The Hall–Kier alpha value is -1.18. The summed E-state index contributed by atoms with van der Waals surface area (Å²) in [4.78, 5) is 15.0. The fraction of sp³-hybridized carbons (Fsp3) is 0.533. The number of aliphatic hydroxyl groups excluding tert-OH is 1. The van der Waals surface area contributed by atoms with E-state index in [2.05, 4.69) is 19.9 Å². The molecule has 1 aliphatic rings. The van der Waals surface area contributed by atoms with Crippen molar-refractivity contribution in [2.75, 3.05) is 30.9 Å². The topological polar surface area (TPSA) is 62.1 Å². The third kappa shape index (κ3) is 3.09. The molecule has 3 heterocycles. The van der Waals surface area contributed by atoms with Crippen LogP contribution in [-0.4, -0.2) is 46.0 Å². The Morgan fingerprint density at radius 1 is 1.39 bits per heavy atom. The SMILES string of the molecule is CSc1nc(N2CCCC(CO)C2)c2c(C)nc(Cl)c(F)c2n1. The Labute approximate surface area is 143 Å². The Morgan fingerprint density at radius 3 is 2.87 bits per heavy atom. The smallest absolute Gasteiger partial charge is 0.189 e. The molecule has 0 bridgehead atoms. The molecule has 0 spiro atoms. The van der Waals surface area contributed by atoms with Crippen LogP contribution in [0, 0.1) is 18.7 Å². The van der Waals surface area contributed by atoms with Crippen molar-refractivity contribution < 1.29 is 9.50 Å². The summed E-state index contributed by atoms with van der Waals surface area (Å²) >= 11 is 7.23. The zero-order chi connectivity index (χ0) is 16.6. The van der Waals surface area contributed by atoms with Gasteiger partial charge in [0.1, 0.15) is 11.3 Å². The second-order valence-electron chi connectivity index (χ2n) is 5.70. The largest absolute Gasteiger partial charge is 0.396 e. The minimum absolute atomic E-state index is 0.145. The first-order chi connectivity index (χ1) is 11.0. The van der Waals surface area contributed by atoms with Crippen molar-refractivity contribution in [1.82, 2.24) is 15.0 Å². The van der Waals surface area contributed by atoms with Crippen LogP contribution in [0.4, 0.5) is 10.2 Å². The number of pyridine rings is 1. The fourth-order valence-corrected chi connectivity index (χ4v) is 3.57. The molecular formula is C15H18ClFN4OS. The number of anilines is 1. The minimum Gasteiger partial charge on any atom is -0.396 e. The molecule has 0 aliphatic carbocycles. The highest BCUT2D eigenvalue weighted by Gasteiger charge is 2.25. The van der Waals surface area contributed by atoms with E-state index in [1.807, 2.05) is 6.26 Å². The standard InChI is InChI=1S/C15H18ClFN4OS/c1-8-10-12(11(17)13(16)18-8)19-15(23-2)20-14(10)21-5-3-4-9(6-21)7-22/h9,22H,3-7H2,1-2H3. The van der Waals surface area contributed by atoms with E-state index in [9.17, 15) is 9.50 Å². The molecule has 0 aromatic carbocycles. The highest BCUT2D eigenvalue weighted by molar-refractivity contribution is 7.98. The third-order valence-electron chi connectivity index (χ3n) is 4.15. The molecule has 124 valence electrons. The first-order valence-corrected chi connectivity index (χ1v) is 9.08. The Morgan fingerprint density at radius 2 is 2.17 bits per heavy atom. The van der Waals surface area contributed by atoms with Crippen molar-refractivity contribution in [3.63, 3.8) is 0 Å². The van der Waals surface area contributed by atoms with Crippen LogP contribution >= 0.6 is 23.4 Å². The van der Waals surface area contributed by atoms with Gasteiger partial charge in [-0.2, -0.15) is 0 Å². The number of rotatable bonds is 3. The van der Waals surface area contributed by atoms with Gasteiger partial charge in [0.25, 0.3) is 0 Å². The molecule has 0 saturated carbocycles. The van der Waals surface area contributed by atoms with E-state index in [0.717, 1.165) is 19.4 Å². The molecule has 1 saturated heterocycles. The summed E-state index contributed by atoms with van der Waals surface area (Å²) in [5, 5.41) is 10.4. The molecule has 1 fully saturated rings. The second kappa shape index (κ2) is 6.75. The van der Waals surface area contributed by atoms with E-state index in [4.69, 9.17) is 11.6 Å². The van der Waals surface area contributed by atoms with Crippen LogP contribution in [-0.2, 0) is 0 Å². The molecular weight excluding hydrogens is 339 g/mol. The first-order valence-electron chi connectivity index (χ1n) is 7.48. The maximum Gasteiger partial charge on any atom is 0.189 e. The number of piperidine rings is 1. The van der Waals surface area contributed by atoms with E-state index in [-0.39, 0.29) is 23.2 Å². The quantitative estimate of drug-likeness (QED) is 0.518. The van der Waals surface area contributed by atoms with Crippen molar-refractivity contribution in [3.05, 3.63) is 16.7 Å². The van der Waals surface area contributed by atoms with Crippen LogP contribution in [0.3, 0.4) is 0 Å². The molecule has 3 rings (SSSR count). The van der Waals surface area contributed by atoms with Gasteiger partial charge in [0.2, 0.25) is 0 Å². The fourth-order valence-electron chi connectivity index (χ4n) is 3.00. The van der Waals surface area contributed by atoms with E-state index in [1.54, 1.807) is 6.92 Å². The molecule has 1 unspecified atom stereocenters. The van der Waals surface area contributed by atoms with Gasteiger partial charge in [0, 0.05) is 19.7 Å². The summed E-state index contributed by atoms with van der Waals surface area (Å²) in [7, 11) is 0. The Bertz CT molecular complexity index is 745. The average Bonchev–Trinajstić information content (AvgIpc) is 2.58. The zero-order valence-corrected chi connectivity index (χ0v) is 14.6. The van der Waals surface area contributed by atoms with Crippen molar-refractivity contribution in [2.45, 2.75) is 24.9 Å². The van der Waals surface area contributed by atoms with Gasteiger partial charge in [-0.25, -0.2) is 19.3 Å². The molecule has 0 radical (unpaired) electrons. The predicted molar refractivity (Wildman–Crippen MR) is 90.8 cm³/mol. The lowest BCUT2D eigenvalue weighted by molar-refractivity contribution is 0.208. The van der Waals surface area contributed by atoms with Gasteiger partial charge in [-0.15, -0.1) is 0 Å². The van der Waals surface area contributed by atoms with Gasteiger partial charge in [0.05, 0.1) is 11.1 Å². The van der Waals surface area contributed by atoms with Crippen molar-refractivity contribution >= 4 is 40.1 Å². The molecule has 1 aliphatic heterocycles. The van der Waals surface area contributed by atoms with Gasteiger partial charge in [-0.1, -0.05) is 23.4 Å². The molecule has 1 atom stereocenters. The molecule has 8 heteroatoms. The lowest BCUT2D eigenvalue weighted by atomic mass is 9.98. The molecule has 2 aromatic rings. The normalized spacial score (nSPS) is 18.7. The Kier molecular flexibility index (Phi) is 4.89. The average molecular weight is 357 g/mol. The van der Waals surface area contributed by atoms with Crippen LogP contribution in [0.15, 0.2) is 5.16 Å². The Balaban J connectivity index is 2.20. The van der Waals surface area contributed by atoms with Crippen molar-refractivity contribution in [2.24, 2.45) is 5.92 Å². The van der Waals surface area contributed by atoms with Crippen LogP contribution in [0.2, 0.25) is 5.15 Å². The lowest BCUT2D eigenvalue weighted by Gasteiger charge is -2.33. The number of thioether (sulfide) groups is 1. The van der Waals surface area contributed by atoms with Gasteiger partial charge in [0.15, 0.2) is 16.1 Å². The van der Waals surface area contributed by atoms with Crippen molar-refractivity contribution in [3.8, 4) is 0 Å². The molecule has 2 aromatic heterocycles. The highest BCUT2D eigenvalue weighted by Crippen LogP contribution is 2.34. The summed E-state index contributed by atoms with van der Waals surface area (Å²) in [5.41, 5.74) is 0.822. The van der Waals surface area contributed by atoms with Gasteiger partial charge in [-0.05, 0) is 31.9 Å². The number of halogens is 2. The van der Waals surface area contributed by atoms with E-state index in [1.165, 1.54) is 11.8 Å². The minimum atomic E-state index is -0.609. The number of hydrogen-bond acceptors (Lipinski definition) is 6. The highest BCUT2D eigenvalue weighted by atomic mass is 35.5. The molecule has 5 nitrogen and oxygen atoms in total. The summed E-state index contributed by atoms with van der Waals surface area (Å²) in [6, 6.07) is 0. The summed E-state index contributed by atoms with van der Waals surface area (Å²) < 4.78 is 14.4. The van der Waals surface area contributed by atoms with Crippen molar-refractivity contribution in [1.29, 1.82) is 0 Å². The number of fused-ring (bicyclic) bond motifs is 1. The molecule has 1 N–H and O–H groups in total. The number of nitrogens with zero attached hydrogens (tertiary/aromatic N) is 4. The summed E-state index contributed by atoms with van der Waals surface area (Å²) in [5.74, 6) is 0.275. The number of aromatic nitrogens is 3. The zero-order valence-electron chi connectivity index (χ0n) is 13.0.